The number of hydrogen-bond acceptors (Lipinski definition) is 5. The number of anilines is 1. The van der Waals surface area contributed by atoms with Gasteiger partial charge in [-0.2, -0.15) is 11.3 Å². The molecule has 4 aromatic rings. The summed E-state index contributed by atoms with van der Waals surface area (Å²) in [4.78, 5) is 13.7. The Labute approximate surface area is 144 Å². The summed E-state index contributed by atoms with van der Waals surface area (Å²) in [6, 6.07) is 14.2. The molecule has 5 heteroatoms. The maximum atomic E-state index is 4.77. The van der Waals surface area contributed by atoms with Crippen LogP contribution in [-0.2, 0) is 0 Å². The molecular weight excluding hydrogens is 316 g/mol. The lowest BCUT2D eigenvalue weighted by Crippen LogP contribution is -2.09. The normalized spacial score (nSPS) is 12.2. The second kappa shape index (κ2) is 6.37. The summed E-state index contributed by atoms with van der Waals surface area (Å²) in [5, 5.41) is 8.65. The van der Waals surface area contributed by atoms with E-state index in [0.29, 0.717) is 0 Å². The summed E-state index contributed by atoms with van der Waals surface area (Å²) in [6.45, 7) is 2.11. The van der Waals surface area contributed by atoms with Gasteiger partial charge in [-0.3, -0.25) is 4.98 Å². The zero-order chi connectivity index (χ0) is 16.4. The molecule has 24 heavy (non-hydrogen) atoms. The highest BCUT2D eigenvalue weighted by atomic mass is 32.1. The van der Waals surface area contributed by atoms with Crippen molar-refractivity contribution < 1.29 is 0 Å². The molecule has 1 aromatic carbocycles. The fourth-order valence-corrected chi connectivity index (χ4v) is 3.26. The predicted molar refractivity (Wildman–Crippen MR) is 99.1 cm³/mol. The van der Waals surface area contributed by atoms with Crippen LogP contribution in [0.25, 0.3) is 22.3 Å². The molecule has 0 fully saturated rings. The molecule has 4 rings (SSSR count). The minimum Gasteiger partial charge on any atom is -0.363 e. The molecule has 4 nitrogen and oxygen atoms in total. The van der Waals surface area contributed by atoms with E-state index in [1.807, 2.05) is 48.0 Å². The Kier molecular flexibility index (Phi) is 3.92. The molecule has 1 atom stereocenters. The van der Waals surface area contributed by atoms with Gasteiger partial charge in [0.25, 0.3) is 0 Å². The van der Waals surface area contributed by atoms with Crippen LogP contribution in [0.5, 0.6) is 0 Å². The Morgan fingerprint density at radius 3 is 2.75 bits per heavy atom. The zero-order valence-electron chi connectivity index (χ0n) is 13.2. The lowest BCUT2D eigenvalue weighted by Gasteiger charge is -2.16. The van der Waals surface area contributed by atoms with Crippen LogP contribution in [0.4, 0.5) is 5.82 Å². The first-order valence-corrected chi connectivity index (χ1v) is 8.71. The molecule has 0 saturated heterocycles. The maximum absolute atomic E-state index is 4.77. The molecule has 3 heterocycles. The highest BCUT2D eigenvalue weighted by Gasteiger charge is 2.12. The van der Waals surface area contributed by atoms with Crippen LogP contribution in [0.3, 0.4) is 0 Å². The van der Waals surface area contributed by atoms with Crippen molar-refractivity contribution in [1.82, 2.24) is 15.0 Å². The monoisotopic (exact) mass is 332 g/mol. The van der Waals surface area contributed by atoms with Gasteiger partial charge in [0.1, 0.15) is 5.82 Å². The van der Waals surface area contributed by atoms with E-state index in [4.69, 9.17) is 9.97 Å². The molecule has 0 aliphatic heterocycles. The van der Waals surface area contributed by atoms with Crippen LogP contribution in [0.2, 0.25) is 0 Å². The van der Waals surface area contributed by atoms with Gasteiger partial charge in [0.15, 0.2) is 5.82 Å². The molecule has 0 aliphatic carbocycles. The van der Waals surface area contributed by atoms with Crippen LogP contribution < -0.4 is 5.32 Å². The van der Waals surface area contributed by atoms with Gasteiger partial charge in [0.2, 0.25) is 0 Å². The first kappa shape index (κ1) is 14.8. The molecular formula is C19H16N4S. The number of para-hydroxylation sites is 1. The third kappa shape index (κ3) is 2.86. The van der Waals surface area contributed by atoms with E-state index in [1.54, 1.807) is 17.5 Å². The molecule has 1 unspecified atom stereocenters. The van der Waals surface area contributed by atoms with Crippen molar-refractivity contribution in [3.8, 4) is 11.4 Å². The highest BCUT2D eigenvalue weighted by molar-refractivity contribution is 7.08. The first-order chi connectivity index (χ1) is 11.8. The molecule has 0 spiro atoms. The van der Waals surface area contributed by atoms with Crippen molar-refractivity contribution in [3.63, 3.8) is 0 Å². The van der Waals surface area contributed by atoms with Gasteiger partial charge in [-0.05, 0) is 42.1 Å². The van der Waals surface area contributed by atoms with E-state index < -0.39 is 0 Å². The summed E-state index contributed by atoms with van der Waals surface area (Å²) in [5.41, 5.74) is 3.11. The van der Waals surface area contributed by atoms with Crippen molar-refractivity contribution in [2.24, 2.45) is 0 Å². The van der Waals surface area contributed by atoms with E-state index in [9.17, 15) is 0 Å². The van der Waals surface area contributed by atoms with Crippen LogP contribution in [-0.4, -0.2) is 15.0 Å². The standard InChI is InChI=1S/C19H16N4S/c1-13(14-5-4-9-20-11-14)21-19-16-6-2-3-7-17(16)22-18(23-19)15-8-10-24-12-15/h2-13H,1H3,(H,21,22,23). The van der Waals surface area contributed by atoms with Gasteiger partial charge in [-0.25, -0.2) is 9.97 Å². The minimum absolute atomic E-state index is 0.104. The molecule has 118 valence electrons. The lowest BCUT2D eigenvalue weighted by molar-refractivity contribution is 0.868. The number of hydrogen-bond donors (Lipinski definition) is 1. The summed E-state index contributed by atoms with van der Waals surface area (Å²) in [7, 11) is 0. The lowest BCUT2D eigenvalue weighted by atomic mass is 10.1. The van der Waals surface area contributed by atoms with E-state index >= 15 is 0 Å². The van der Waals surface area contributed by atoms with E-state index in [1.165, 1.54) is 0 Å². The number of nitrogens with zero attached hydrogens (tertiary/aromatic N) is 3. The molecule has 3 aromatic heterocycles. The van der Waals surface area contributed by atoms with Crippen LogP contribution >= 0.6 is 11.3 Å². The average molecular weight is 332 g/mol. The van der Waals surface area contributed by atoms with Crippen molar-refractivity contribution in [1.29, 1.82) is 0 Å². The van der Waals surface area contributed by atoms with E-state index in [-0.39, 0.29) is 6.04 Å². The van der Waals surface area contributed by atoms with E-state index in [2.05, 4.69) is 28.7 Å². The summed E-state index contributed by atoms with van der Waals surface area (Å²) in [6.07, 6.45) is 3.66. The number of aromatic nitrogens is 3. The third-order valence-electron chi connectivity index (χ3n) is 3.92. The smallest absolute Gasteiger partial charge is 0.162 e. The quantitative estimate of drug-likeness (QED) is 0.576. The molecule has 1 N–H and O–H groups in total. The van der Waals surface area contributed by atoms with Crippen molar-refractivity contribution in [3.05, 3.63) is 71.2 Å². The Balaban J connectivity index is 1.78. The van der Waals surface area contributed by atoms with Crippen molar-refractivity contribution in [2.75, 3.05) is 5.32 Å². The molecule has 0 saturated carbocycles. The number of benzene rings is 1. The largest absolute Gasteiger partial charge is 0.363 e. The minimum atomic E-state index is 0.104. The predicted octanol–water partition coefficient (Wildman–Crippen LogP) is 4.93. The average Bonchev–Trinajstić information content (AvgIpc) is 3.17. The highest BCUT2D eigenvalue weighted by Crippen LogP contribution is 2.28. The summed E-state index contributed by atoms with van der Waals surface area (Å²) < 4.78 is 0. The molecule has 0 radical (unpaired) electrons. The van der Waals surface area contributed by atoms with Crippen molar-refractivity contribution in [2.45, 2.75) is 13.0 Å². The number of rotatable bonds is 4. The van der Waals surface area contributed by atoms with Crippen LogP contribution in [0.15, 0.2) is 65.6 Å². The van der Waals surface area contributed by atoms with E-state index in [0.717, 1.165) is 33.7 Å². The zero-order valence-corrected chi connectivity index (χ0v) is 14.0. The summed E-state index contributed by atoms with van der Waals surface area (Å²) >= 11 is 1.65. The number of pyridine rings is 1. The number of thiophene rings is 1. The number of fused-ring (bicyclic) bond motifs is 1. The van der Waals surface area contributed by atoms with Gasteiger partial charge in [-0.15, -0.1) is 0 Å². The Morgan fingerprint density at radius 2 is 1.96 bits per heavy atom. The molecule has 0 amide bonds. The Bertz CT molecular complexity index is 952. The second-order valence-corrected chi connectivity index (χ2v) is 6.36. The van der Waals surface area contributed by atoms with Gasteiger partial charge in [0, 0.05) is 28.7 Å². The van der Waals surface area contributed by atoms with Gasteiger partial charge in [0.05, 0.1) is 11.6 Å². The SMILES string of the molecule is CC(Nc1nc(-c2ccsc2)nc2ccccc12)c1cccnc1. The second-order valence-electron chi connectivity index (χ2n) is 5.58. The summed E-state index contributed by atoms with van der Waals surface area (Å²) in [5.74, 6) is 1.59. The molecule has 0 bridgehead atoms. The van der Waals surface area contributed by atoms with Crippen molar-refractivity contribution >= 4 is 28.1 Å². The van der Waals surface area contributed by atoms with Gasteiger partial charge >= 0.3 is 0 Å². The topological polar surface area (TPSA) is 50.7 Å². The third-order valence-corrected chi connectivity index (χ3v) is 4.60. The first-order valence-electron chi connectivity index (χ1n) is 7.77. The molecule has 0 aliphatic rings. The van der Waals surface area contributed by atoms with Crippen LogP contribution in [0, 0.1) is 0 Å². The van der Waals surface area contributed by atoms with Gasteiger partial charge in [-0.1, -0.05) is 18.2 Å². The fourth-order valence-electron chi connectivity index (χ4n) is 2.63. The Hall–Kier alpha value is -2.79. The maximum Gasteiger partial charge on any atom is 0.162 e. The fraction of sp³-hybridized carbons (Fsp3) is 0.105. The van der Waals surface area contributed by atoms with Gasteiger partial charge < -0.3 is 5.32 Å². The number of nitrogens with one attached hydrogen (secondary N) is 1. The Morgan fingerprint density at radius 1 is 1.04 bits per heavy atom. The van der Waals surface area contributed by atoms with Crippen LogP contribution in [0.1, 0.15) is 18.5 Å².